The van der Waals surface area contributed by atoms with Crippen molar-refractivity contribution in [3.63, 3.8) is 0 Å². The quantitative estimate of drug-likeness (QED) is 0.514. The minimum Gasteiger partial charge on any atom is -0.295 e. The van der Waals surface area contributed by atoms with Gasteiger partial charge in [-0.15, -0.1) is 0 Å². The van der Waals surface area contributed by atoms with E-state index in [-0.39, 0.29) is 23.5 Å². The molecule has 4 rings (SSSR count). The van der Waals surface area contributed by atoms with E-state index in [9.17, 15) is 26.7 Å². The topological polar surface area (TPSA) is 17.1 Å². The van der Waals surface area contributed by atoms with Crippen LogP contribution in [0, 0.1) is 23.2 Å². The molecule has 0 aromatic heterocycles. The van der Waals surface area contributed by atoms with Gasteiger partial charge in [-0.25, -0.2) is 0 Å². The van der Waals surface area contributed by atoms with Crippen LogP contribution in [-0.2, 0) is 4.79 Å². The normalized spacial score (nSPS) is 37.8. The first-order valence-corrected chi connectivity index (χ1v) is 9.45. The average molecular weight is 374 g/mol. The zero-order valence-electron chi connectivity index (χ0n) is 14.8. The lowest BCUT2D eigenvalue weighted by molar-refractivity contribution is -0.310. The molecule has 6 heteroatoms. The highest BCUT2D eigenvalue weighted by molar-refractivity contribution is 5.93. The molecule has 0 amide bonds. The molecule has 0 aliphatic heterocycles. The van der Waals surface area contributed by atoms with Crippen LogP contribution in [0.1, 0.15) is 58.3 Å². The van der Waals surface area contributed by atoms with Gasteiger partial charge in [-0.3, -0.25) is 4.79 Å². The summed E-state index contributed by atoms with van der Waals surface area (Å²) >= 11 is 0. The first-order valence-electron chi connectivity index (χ1n) is 9.45. The van der Waals surface area contributed by atoms with Crippen molar-refractivity contribution in [2.45, 2.75) is 70.4 Å². The number of allylic oxidation sites excluding steroid dienone is 4. The first kappa shape index (κ1) is 18.2. The van der Waals surface area contributed by atoms with Crippen LogP contribution in [0.4, 0.5) is 22.0 Å². The van der Waals surface area contributed by atoms with Gasteiger partial charge in [0.2, 0.25) is 0 Å². The molecule has 26 heavy (non-hydrogen) atoms. The third kappa shape index (κ3) is 2.50. The molecule has 0 aromatic carbocycles. The Balaban J connectivity index is 1.86. The minimum absolute atomic E-state index is 0.115. The molecule has 0 radical (unpaired) electrons. The van der Waals surface area contributed by atoms with Gasteiger partial charge >= 0.3 is 12.1 Å². The van der Waals surface area contributed by atoms with Gasteiger partial charge in [-0.1, -0.05) is 18.9 Å². The number of carbonyl (C=O) groups is 1. The van der Waals surface area contributed by atoms with Crippen molar-refractivity contribution >= 4 is 5.78 Å². The number of hydrogen-bond donors (Lipinski definition) is 0. The fraction of sp³-hybridized carbons (Fsp3) is 0.750. The van der Waals surface area contributed by atoms with Crippen molar-refractivity contribution in [3.8, 4) is 0 Å². The van der Waals surface area contributed by atoms with E-state index < -0.39 is 23.9 Å². The summed E-state index contributed by atoms with van der Waals surface area (Å²) in [6.45, 7) is 2.06. The molecule has 144 valence electrons. The van der Waals surface area contributed by atoms with Gasteiger partial charge < -0.3 is 0 Å². The summed E-state index contributed by atoms with van der Waals surface area (Å²) in [5.41, 5.74) is 2.01. The molecule has 4 aliphatic rings. The summed E-state index contributed by atoms with van der Waals surface area (Å²) in [4.78, 5) is 11.8. The van der Waals surface area contributed by atoms with Crippen molar-refractivity contribution in [2.24, 2.45) is 23.2 Å². The second-order valence-corrected chi connectivity index (χ2v) is 8.75. The maximum atomic E-state index is 14.6. The number of ketones is 1. The molecule has 2 fully saturated rings. The van der Waals surface area contributed by atoms with Crippen molar-refractivity contribution in [3.05, 3.63) is 22.8 Å². The lowest BCUT2D eigenvalue weighted by Crippen LogP contribution is -2.52. The Morgan fingerprint density at radius 3 is 2.50 bits per heavy atom. The number of halogens is 5. The molecule has 0 bridgehead atoms. The van der Waals surface area contributed by atoms with Gasteiger partial charge in [0, 0.05) is 12.3 Å². The third-order valence-electron chi connectivity index (χ3n) is 7.41. The van der Waals surface area contributed by atoms with Crippen molar-refractivity contribution < 1.29 is 26.7 Å². The Morgan fingerprint density at radius 2 is 1.81 bits per heavy atom. The summed E-state index contributed by atoms with van der Waals surface area (Å²) in [6, 6.07) is 0. The average Bonchev–Trinajstić information content (AvgIpc) is 2.94. The highest BCUT2D eigenvalue weighted by Gasteiger charge is 2.67. The fourth-order valence-corrected chi connectivity index (χ4v) is 6.13. The Morgan fingerprint density at radius 1 is 1.08 bits per heavy atom. The van der Waals surface area contributed by atoms with Crippen LogP contribution >= 0.6 is 0 Å². The molecule has 0 saturated heterocycles. The lowest BCUT2D eigenvalue weighted by atomic mass is 9.54. The highest BCUT2D eigenvalue weighted by atomic mass is 19.4. The predicted octanol–water partition coefficient (Wildman–Crippen LogP) is 6.01. The zero-order valence-corrected chi connectivity index (χ0v) is 14.8. The van der Waals surface area contributed by atoms with Gasteiger partial charge in [0.1, 0.15) is 0 Å². The summed E-state index contributed by atoms with van der Waals surface area (Å²) in [5.74, 6) is -7.53. The molecule has 4 atom stereocenters. The lowest BCUT2D eigenvalue weighted by Gasteiger charge is -2.52. The van der Waals surface area contributed by atoms with Gasteiger partial charge in [-0.05, 0) is 73.0 Å². The largest absolute Gasteiger partial charge is 0.453 e. The monoisotopic (exact) mass is 374 g/mol. The van der Waals surface area contributed by atoms with Crippen molar-refractivity contribution in [2.75, 3.05) is 0 Å². The number of hydrogen-bond acceptors (Lipinski definition) is 1. The van der Waals surface area contributed by atoms with Crippen LogP contribution in [0.15, 0.2) is 22.8 Å². The standard InChI is InChI=1S/C20H23F5O/c1-18-7-2-3-15(18)17-14(6-8-18)13-5-4-12(26)9-11(13)10-16(17)19(21,22)20(23,24)25/h9,15-17H,2-8,10H2,1H3/t15-,16+,17+,18-/m0/s1. The van der Waals surface area contributed by atoms with Crippen LogP contribution in [0.25, 0.3) is 0 Å². The Hall–Kier alpha value is -1.20. The Labute approximate surface area is 149 Å². The van der Waals surface area contributed by atoms with Crippen LogP contribution in [0.5, 0.6) is 0 Å². The van der Waals surface area contributed by atoms with E-state index in [1.807, 2.05) is 0 Å². The molecule has 0 spiro atoms. The molecule has 0 aromatic rings. The number of alkyl halides is 5. The van der Waals surface area contributed by atoms with E-state index in [1.165, 1.54) is 6.08 Å². The predicted molar refractivity (Wildman–Crippen MR) is 86.6 cm³/mol. The van der Waals surface area contributed by atoms with Gasteiger partial charge in [0.25, 0.3) is 0 Å². The van der Waals surface area contributed by atoms with E-state index in [0.717, 1.165) is 36.8 Å². The number of fused-ring (bicyclic) bond motifs is 4. The molecule has 2 saturated carbocycles. The molecule has 4 aliphatic carbocycles. The minimum atomic E-state index is -5.56. The van der Waals surface area contributed by atoms with Crippen molar-refractivity contribution in [1.29, 1.82) is 0 Å². The molecule has 0 heterocycles. The first-order chi connectivity index (χ1) is 12.0. The summed E-state index contributed by atoms with van der Waals surface area (Å²) in [6.07, 6.45) is 0.196. The van der Waals surface area contributed by atoms with Gasteiger partial charge in [-0.2, -0.15) is 22.0 Å². The summed E-state index contributed by atoms with van der Waals surface area (Å²) in [5, 5.41) is 0. The van der Waals surface area contributed by atoms with E-state index in [0.29, 0.717) is 24.8 Å². The third-order valence-corrected chi connectivity index (χ3v) is 7.41. The Bertz CT molecular complexity index is 701. The second kappa shape index (κ2) is 5.65. The van der Waals surface area contributed by atoms with E-state index in [4.69, 9.17) is 0 Å². The fourth-order valence-electron chi connectivity index (χ4n) is 6.13. The van der Waals surface area contributed by atoms with Crippen molar-refractivity contribution in [1.82, 2.24) is 0 Å². The molecular formula is C20H23F5O. The SMILES string of the molecule is C[C@@]12CCC[C@H]1[C@H]1C(=C3CCC(=O)C=C3C[C@H]1C(F)(F)C(F)(F)F)CC2. The molecule has 0 N–H and O–H groups in total. The van der Waals surface area contributed by atoms with E-state index in [1.54, 1.807) is 0 Å². The van der Waals surface area contributed by atoms with Gasteiger partial charge in [0.05, 0.1) is 0 Å². The second-order valence-electron chi connectivity index (χ2n) is 8.75. The zero-order chi connectivity index (χ0) is 18.9. The maximum absolute atomic E-state index is 14.6. The number of rotatable bonds is 1. The summed E-state index contributed by atoms with van der Waals surface area (Å²) < 4.78 is 68.9. The van der Waals surface area contributed by atoms with E-state index >= 15 is 0 Å². The van der Waals surface area contributed by atoms with Crippen LogP contribution < -0.4 is 0 Å². The summed E-state index contributed by atoms with van der Waals surface area (Å²) in [7, 11) is 0. The van der Waals surface area contributed by atoms with Crippen LogP contribution in [0.2, 0.25) is 0 Å². The molecular weight excluding hydrogens is 351 g/mol. The Kier molecular flexibility index (Phi) is 3.95. The smallest absolute Gasteiger partial charge is 0.295 e. The van der Waals surface area contributed by atoms with Gasteiger partial charge in [0.15, 0.2) is 5.78 Å². The van der Waals surface area contributed by atoms with Crippen LogP contribution in [-0.4, -0.2) is 17.9 Å². The molecule has 1 nitrogen and oxygen atoms in total. The highest BCUT2D eigenvalue weighted by Crippen LogP contribution is 2.64. The molecule has 0 unspecified atom stereocenters. The van der Waals surface area contributed by atoms with Crippen LogP contribution in [0.3, 0.4) is 0 Å². The number of carbonyl (C=O) groups excluding carboxylic acids is 1. The van der Waals surface area contributed by atoms with E-state index in [2.05, 4.69) is 6.92 Å². The maximum Gasteiger partial charge on any atom is 0.453 e.